The maximum absolute atomic E-state index is 12.0. The highest BCUT2D eigenvalue weighted by Crippen LogP contribution is 2.47. The first-order chi connectivity index (χ1) is 10.1. The Morgan fingerprint density at radius 1 is 1.48 bits per heavy atom. The minimum atomic E-state index is -0.704. The van der Waals surface area contributed by atoms with Crippen molar-refractivity contribution < 1.29 is 9.53 Å². The van der Waals surface area contributed by atoms with Crippen LogP contribution in [-0.4, -0.2) is 24.0 Å². The SMILES string of the molecule is CN[C@H]1Cc2c(Br)[nH]c3cccc(c23)[C@@]12C=C(C)C(=O)O2. The zero-order chi connectivity index (χ0) is 14.8. The number of carbonyl (C=O) groups is 1. The number of fused-ring (bicyclic) bond motifs is 1. The lowest BCUT2D eigenvalue weighted by Crippen LogP contribution is -2.50. The summed E-state index contributed by atoms with van der Waals surface area (Å²) in [4.78, 5) is 15.4. The fourth-order valence-electron chi connectivity index (χ4n) is 3.61. The van der Waals surface area contributed by atoms with Gasteiger partial charge in [0.05, 0.1) is 10.6 Å². The van der Waals surface area contributed by atoms with E-state index in [1.165, 1.54) is 5.56 Å². The molecule has 0 bridgehead atoms. The number of hydrogen-bond donors (Lipinski definition) is 2. The number of esters is 1. The van der Waals surface area contributed by atoms with Crippen LogP contribution in [0.3, 0.4) is 0 Å². The molecule has 1 aromatic heterocycles. The monoisotopic (exact) mass is 346 g/mol. The molecular weight excluding hydrogens is 332 g/mol. The van der Waals surface area contributed by atoms with Crippen LogP contribution in [0.2, 0.25) is 0 Å². The molecule has 0 radical (unpaired) electrons. The van der Waals surface area contributed by atoms with Crippen molar-refractivity contribution in [2.45, 2.75) is 25.0 Å². The summed E-state index contributed by atoms with van der Waals surface area (Å²) in [6.45, 7) is 1.81. The van der Waals surface area contributed by atoms with Crippen LogP contribution >= 0.6 is 15.9 Å². The highest BCUT2D eigenvalue weighted by molar-refractivity contribution is 9.10. The van der Waals surface area contributed by atoms with Crippen molar-refractivity contribution in [3.63, 3.8) is 0 Å². The van der Waals surface area contributed by atoms with Crippen LogP contribution in [0.25, 0.3) is 10.9 Å². The van der Waals surface area contributed by atoms with Crippen LogP contribution in [0.5, 0.6) is 0 Å². The van der Waals surface area contributed by atoms with Gasteiger partial charge in [-0.25, -0.2) is 4.79 Å². The summed E-state index contributed by atoms with van der Waals surface area (Å²) < 4.78 is 6.84. The van der Waals surface area contributed by atoms with Crippen molar-refractivity contribution in [1.29, 1.82) is 0 Å². The molecule has 1 aromatic carbocycles. The molecule has 2 N–H and O–H groups in total. The van der Waals surface area contributed by atoms with E-state index in [0.717, 1.165) is 27.5 Å². The second kappa shape index (κ2) is 4.21. The molecule has 0 saturated carbocycles. The van der Waals surface area contributed by atoms with Gasteiger partial charge in [0.15, 0.2) is 5.60 Å². The van der Waals surface area contributed by atoms with Gasteiger partial charge in [-0.2, -0.15) is 0 Å². The normalized spacial score (nSPS) is 27.3. The lowest BCUT2D eigenvalue weighted by Gasteiger charge is -2.39. The molecule has 21 heavy (non-hydrogen) atoms. The molecule has 4 nitrogen and oxygen atoms in total. The van der Waals surface area contributed by atoms with Gasteiger partial charge < -0.3 is 15.0 Å². The van der Waals surface area contributed by atoms with Gasteiger partial charge in [-0.3, -0.25) is 0 Å². The summed E-state index contributed by atoms with van der Waals surface area (Å²) in [5, 5.41) is 4.48. The highest BCUT2D eigenvalue weighted by atomic mass is 79.9. The Labute approximate surface area is 130 Å². The number of halogens is 1. The van der Waals surface area contributed by atoms with Crippen molar-refractivity contribution >= 4 is 32.8 Å². The molecule has 0 unspecified atom stereocenters. The molecule has 0 amide bonds. The van der Waals surface area contributed by atoms with Gasteiger partial charge in [0, 0.05) is 22.0 Å². The Morgan fingerprint density at radius 3 is 2.95 bits per heavy atom. The summed E-state index contributed by atoms with van der Waals surface area (Å²) in [5.74, 6) is -0.231. The molecule has 2 aliphatic rings. The van der Waals surface area contributed by atoms with Gasteiger partial charge in [0.1, 0.15) is 0 Å². The Kier molecular flexibility index (Phi) is 2.63. The number of likely N-dealkylation sites (N-methyl/N-ethyl adjacent to an activating group) is 1. The Morgan fingerprint density at radius 2 is 2.29 bits per heavy atom. The van der Waals surface area contributed by atoms with Crippen LogP contribution in [0.15, 0.2) is 34.5 Å². The summed E-state index contributed by atoms with van der Waals surface area (Å²) in [5.41, 5.74) is 3.32. The minimum absolute atomic E-state index is 0.0177. The molecule has 1 aliphatic heterocycles. The second-order valence-corrected chi connectivity index (χ2v) is 6.49. The third-order valence-electron chi connectivity index (χ3n) is 4.59. The van der Waals surface area contributed by atoms with Crippen molar-refractivity contribution in [1.82, 2.24) is 10.3 Å². The number of H-pyrrole nitrogens is 1. The molecule has 2 heterocycles. The predicted octanol–water partition coefficient (Wildman–Crippen LogP) is 2.77. The molecule has 2 aromatic rings. The average molecular weight is 347 g/mol. The number of rotatable bonds is 1. The van der Waals surface area contributed by atoms with E-state index in [2.05, 4.69) is 32.3 Å². The van der Waals surface area contributed by atoms with E-state index in [9.17, 15) is 4.79 Å². The fraction of sp³-hybridized carbons (Fsp3) is 0.312. The first-order valence-corrected chi connectivity index (χ1v) is 7.75. The van der Waals surface area contributed by atoms with Crippen molar-refractivity contribution in [3.05, 3.63) is 45.6 Å². The number of benzene rings is 1. The predicted molar refractivity (Wildman–Crippen MR) is 84.1 cm³/mol. The van der Waals surface area contributed by atoms with Crippen molar-refractivity contribution in [3.8, 4) is 0 Å². The summed E-state index contributed by atoms with van der Waals surface area (Å²) in [7, 11) is 1.91. The Hall–Kier alpha value is -1.59. The number of aromatic amines is 1. The quantitative estimate of drug-likeness (QED) is 0.780. The molecule has 1 spiro atoms. The molecule has 1 aliphatic carbocycles. The van der Waals surface area contributed by atoms with E-state index in [-0.39, 0.29) is 12.0 Å². The largest absolute Gasteiger partial charge is 0.445 e. The number of carbonyl (C=O) groups excluding carboxylic acids is 1. The summed E-state index contributed by atoms with van der Waals surface area (Å²) in [6, 6.07) is 6.12. The highest BCUT2D eigenvalue weighted by Gasteiger charge is 2.50. The first kappa shape index (κ1) is 13.1. The third kappa shape index (κ3) is 1.56. The number of nitrogens with one attached hydrogen (secondary N) is 2. The van der Waals surface area contributed by atoms with E-state index >= 15 is 0 Å². The van der Waals surface area contributed by atoms with Gasteiger partial charge in [-0.15, -0.1) is 0 Å². The topological polar surface area (TPSA) is 54.1 Å². The maximum Gasteiger partial charge on any atom is 0.334 e. The van der Waals surface area contributed by atoms with E-state index in [0.29, 0.717) is 5.57 Å². The van der Waals surface area contributed by atoms with E-state index in [1.807, 2.05) is 32.2 Å². The van der Waals surface area contributed by atoms with Gasteiger partial charge in [-0.1, -0.05) is 12.1 Å². The minimum Gasteiger partial charge on any atom is -0.445 e. The molecule has 0 fully saturated rings. The van der Waals surface area contributed by atoms with Gasteiger partial charge in [0.25, 0.3) is 0 Å². The first-order valence-electron chi connectivity index (χ1n) is 6.96. The lowest BCUT2D eigenvalue weighted by atomic mass is 9.76. The second-order valence-electron chi connectivity index (χ2n) is 5.70. The third-order valence-corrected chi connectivity index (χ3v) is 5.26. The summed E-state index contributed by atoms with van der Waals surface area (Å²) in [6.07, 6.45) is 2.76. The smallest absolute Gasteiger partial charge is 0.334 e. The van der Waals surface area contributed by atoms with Crippen LogP contribution in [-0.2, 0) is 21.6 Å². The van der Waals surface area contributed by atoms with E-state index in [4.69, 9.17) is 4.74 Å². The van der Waals surface area contributed by atoms with E-state index < -0.39 is 5.60 Å². The standard InChI is InChI=1S/C16H15BrN2O2/c1-8-7-16(21-15(8)20)10-4-3-5-11-13(10)9(14(17)19-11)6-12(16)18-2/h3-5,7,12,18-19H,6H2,1-2H3/t12-,16-/m0/s1. The number of hydrogen-bond acceptors (Lipinski definition) is 3. The van der Waals surface area contributed by atoms with Gasteiger partial charge in [-0.05, 0) is 54.0 Å². The Balaban J connectivity index is 2.08. The Bertz CT molecular complexity index is 808. The van der Waals surface area contributed by atoms with E-state index in [1.54, 1.807) is 0 Å². The van der Waals surface area contributed by atoms with Crippen LogP contribution in [0, 0.1) is 0 Å². The average Bonchev–Trinajstić information content (AvgIpc) is 2.93. The van der Waals surface area contributed by atoms with Crippen molar-refractivity contribution in [2.75, 3.05) is 7.05 Å². The number of ether oxygens (including phenoxy) is 1. The number of aromatic nitrogens is 1. The molecular formula is C16H15BrN2O2. The zero-order valence-corrected chi connectivity index (χ0v) is 13.4. The van der Waals surface area contributed by atoms with Crippen LogP contribution in [0.1, 0.15) is 18.1 Å². The molecule has 0 saturated heterocycles. The lowest BCUT2D eigenvalue weighted by molar-refractivity contribution is -0.149. The molecule has 5 heteroatoms. The maximum atomic E-state index is 12.0. The fourth-order valence-corrected chi connectivity index (χ4v) is 4.18. The van der Waals surface area contributed by atoms with Crippen molar-refractivity contribution in [2.24, 2.45) is 0 Å². The zero-order valence-electron chi connectivity index (χ0n) is 11.8. The van der Waals surface area contributed by atoms with Crippen LogP contribution < -0.4 is 5.32 Å². The summed E-state index contributed by atoms with van der Waals surface area (Å²) >= 11 is 3.61. The molecule has 4 rings (SSSR count). The van der Waals surface area contributed by atoms with Crippen LogP contribution in [0.4, 0.5) is 0 Å². The molecule has 108 valence electrons. The molecule has 2 atom stereocenters. The van der Waals surface area contributed by atoms with Gasteiger partial charge in [0.2, 0.25) is 0 Å². The van der Waals surface area contributed by atoms with Gasteiger partial charge >= 0.3 is 5.97 Å².